The van der Waals surface area contributed by atoms with Crippen LogP contribution in [0.15, 0.2) is 23.1 Å². The summed E-state index contributed by atoms with van der Waals surface area (Å²) in [5, 5.41) is 16.9. The summed E-state index contributed by atoms with van der Waals surface area (Å²) in [5.74, 6) is 0. The molecule has 0 spiro atoms. The van der Waals surface area contributed by atoms with Gasteiger partial charge in [-0.3, -0.25) is 10.1 Å². The summed E-state index contributed by atoms with van der Waals surface area (Å²) in [7, 11) is -4.38. The van der Waals surface area contributed by atoms with Crippen LogP contribution in [0.5, 0.6) is 0 Å². The number of nitro groups is 1. The fourth-order valence-electron chi connectivity index (χ4n) is 0.890. The standard InChI is InChI=1S/C6H4ClN2O4S.Na/c7-4-2-1-3-5(14(8,12)13)6(4)9(10)11;/h1-3H,(H-,8,12,13);/q-1;+1. The number of rotatable bonds is 2. The molecule has 1 rings (SSSR count). The van der Waals surface area contributed by atoms with E-state index in [-0.39, 0.29) is 34.6 Å². The third kappa shape index (κ3) is 3.40. The van der Waals surface area contributed by atoms with Crippen LogP contribution in [0.25, 0.3) is 5.14 Å². The Hall–Kier alpha value is -0.180. The van der Waals surface area contributed by atoms with Crippen LogP contribution >= 0.6 is 11.6 Å². The van der Waals surface area contributed by atoms with Crippen LogP contribution in [0.2, 0.25) is 5.02 Å². The Labute approximate surface area is 113 Å². The molecule has 0 heterocycles. The molecule has 1 aromatic carbocycles. The molecule has 0 bridgehead atoms. The number of benzene rings is 1. The molecule has 0 radical (unpaired) electrons. The van der Waals surface area contributed by atoms with Crippen molar-refractivity contribution in [3.05, 3.63) is 38.5 Å². The second-order valence-electron chi connectivity index (χ2n) is 2.35. The van der Waals surface area contributed by atoms with Crippen LogP contribution in [0, 0.1) is 10.1 Å². The van der Waals surface area contributed by atoms with Gasteiger partial charge in [0.05, 0.1) is 4.92 Å². The van der Waals surface area contributed by atoms with Crippen molar-refractivity contribution in [3.8, 4) is 0 Å². The Bertz CT molecular complexity index is 490. The predicted octanol–water partition coefficient (Wildman–Crippen LogP) is -1.01. The summed E-state index contributed by atoms with van der Waals surface area (Å²) in [5.41, 5.74) is -0.760. The van der Waals surface area contributed by atoms with Crippen molar-refractivity contribution in [2.45, 2.75) is 4.90 Å². The Balaban J connectivity index is 0.00000196. The summed E-state index contributed by atoms with van der Waals surface area (Å²) in [6.07, 6.45) is 0. The van der Waals surface area contributed by atoms with Crippen LogP contribution in [0.3, 0.4) is 0 Å². The van der Waals surface area contributed by atoms with E-state index in [2.05, 4.69) is 0 Å². The first-order valence-electron chi connectivity index (χ1n) is 3.26. The Morgan fingerprint density at radius 1 is 1.40 bits per heavy atom. The second-order valence-corrected chi connectivity index (χ2v) is 4.20. The van der Waals surface area contributed by atoms with Crippen LogP contribution in [-0.2, 0) is 10.0 Å². The fraction of sp³-hybridized carbons (Fsp3) is 0. The molecular formula is C6H4ClN2NaO4S. The first-order chi connectivity index (χ1) is 6.34. The van der Waals surface area contributed by atoms with Gasteiger partial charge < -0.3 is 5.14 Å². The number of hydrogen-bond acceptors (Lipinski definition) is 4. The van der Waals surface area contributed by atoms with Crippen molar-refractivity contribution in [2.75, 3.05) is 0 Å². The monoisotopic (exact) mass is 258 g/mol. The number of sulfonamides is 1. The summed E-state index contributed by atoms with van der Waals surface area (Å²) in [4.78, 5) is 8.84. The van der Waals surface area contributed by atoms with Crippen molar-refractivity contribution >= 4 is 27.3 Å². The minimum Gasteiger partial charge on any atom is -0.560 e. The normalized spacial score (nSPS) is 10.5. The molecule has 0 amide bonds. The van der Waals surface area contributed by atoms with E-state index in [9.17, 15) is 18.5 Å². The first kappa shape index (κ1) is 14.8. The van der Waals surface area contributed by atoms with E-state index in [1.165, 1.54) is 12.1 Å². The van der Waals surface area contributed by atoms with Crippen LogP contribution < -0.4 is 29.6 Å². The Morgan fingerprint density at radius 2 is 1.93 bits per heavy atom. The zero-order valence-electron chi connectivity index (χ0n) is 7.60. The summed E-state index contributed by atoms with van der Waals surface area (Å²) < 4.78 is 21.6. The van der Waals surface area contributed by atoms with E-state index in [4.69, 9.17) is 16.7 Å². The van der Waals surface area contributed by atoms with E-state index >= 15 is 0 Å². The molecule has 9 heteroatoms. The van der Waals surface area contributed by atoms with Gasteiger partial charge in [-0.2, -0.15) is 0 Å². The molecule has 0 aliphatic rings. The predicted molar refractivity (Wildman–Crippen MR) is 49.6 cm³/mol. The van der Waals surface area contributed by atoms with Crippen molar-refractivity contribution in [1.82, 2.24) is 0 Å². The molecule has 0 aromatic heterocycles. The average Bonchev–Trinajstić information content (AvgIpc) is 2.01. The van der Waals surface area contributed by atoms with Gasteiger partial charge in [0.25, 0.3) is 0 Å². The molecule has 0 atom stereocenters. The molecule has 6 nitrogen and oxygen atoms in total. The minimum atomic E-state index is -4.38. The Morgan fingerprint density at radius 3 is 2.27 bits per heavy atom. The molecular weight excluding hydrogens is 255 g/mol. The molecule has 0 fully saturated rings. The summed E-state index contributed by atoms with van der Waals surface area (Å²) in [6, 6.07) is 3.39. The molecule has 0 saturated heterocycles. The first-order valence-corrected chi connectivity index (χ1v) is 5.12. The average molecular weight is 259 g/mol. The van der Waals surface area contributed by atoms with Crippen molar-refractivity contribution < 1.29 is 42.9 Å². The van der Waals surface area contributed by atoms with Gasteiger partial charge in [0.15, 0.2) is 0 Å². The molecule has 76 valence electrons. The van der Waals surface area contributed by atoms with Crippen LogP contribution in [0.4, 0.5) is 5.69 Å². The molecule has 0 saturated carbocycles. The summed E-state index contributed by atoms with van der Waals surface area (Å²) in [6.45, 7) is 0. The number of nitro benzene ring substituents is 1. The molecule has 0 aliphatic heterocycles. The molecule has 0 aliphatic carbocycles. The van der Waals surface area contributed by atoms with E-state index < -0.39 is 25.5 Å². The van der Waals surface area contributed by atoms with Gasteiger partial charge in [0.2, 0.25) is 0 Å². The quantitative estimate of drug-likeness (QED) is 0.385. The zero-order valence-corrected chi connectivity index (χ0v) is 11.2. The number of halogens is 1. The zero-order chi connectivity index (χ0) is 10.9. The fourth-order valence-corrected chi connectivity index (χ4v) is 1.89. The largest absolute Gasteiger partial charge is 1.00 e. The summed E-state index contributed by atoms with van der Waals surface area (Å²) >= 11 is 5.44. The van der Waals surface area contributed by atoms with Gasteiger partial charge in [0.1, 0.15) is 19.9 Å². The smallest absolute Gasteiger partial charge is 0.560 e. The van der Waals surface area contributed by atoms with Crippen LogP contribution in [0.1, 0.15) is 0 Å². The van der Waals surface area contributed by atoms with Gasteiger partial charge in [-0.1, -0.05) is 17.7 Å². The van der Waals surface area contributed by atoms with Gasteiger partial charge >= 0.3 is 35.2 Å². The SMILES string of the molecule is [NH-]S(=O)(=O)c1cccc(Cl)c1[N+](=O)[O-].[Na+]. The van der Waals surface area contributed by atoms with Crippen LogP contribution in [-0.4, -0.2) is 13.3 Å². The Kier molecular flexibility index (Phi) is 5.18. The van der Waals surface area contributed by atoms with E-state index in [1.807, 2.05) is 0 Å². The second kappa shape index (κ2) is 5.24. The van der Waals surface area contributed by atoms with E-state index in [0.717, 1.165) is 6.07 Å². The maximum Gasteiger partial charge on any atom is 1.00 e. The number of nitrogens with one attached hydrogen (secondary N) is 1. The van der Waals surface area contributed by atoms with Gasteiger partial charge in [-0.25, -0.2) is 8.42 Å². The number of hydrogen-bond donors (Lipinski definition) is 0. The topological polar surface area (TPSA) is 101 Å². The third-order valence-corrected chi connectivity index (χ3v) is 2.64. The number of nitrogens with zero attached hydrogens (tertiary/aromatic N) is 1. The molecule has 15 heavy (non-hydrogen) atoms. The van der Waals surface area contributed by atoms with Gasteiger partial charge in [-0.05, 0) is 12.1 Å². The third-order valence-electron chi connectivity index (χ3n) is 1.42. The minimum absolute atomic E-state index is 0. The van der Waals surface area contributed by atoms with Gasteiger partial charge in [-0.15, -0.1) is 0 Å². The molecule has 1 N–H and O–H groups in total. The number of para-hydroxylation sites is 1. The maximum absolute atomic E-state index is 10.8. The van der Waals surface area contributed by atoms with E-state index in [0.29, 0.717) is 0 Å². The van der Waals surface area contributed by atoms with Crippen molar-refractivity contribution in [2.24, 2.45) is 0 Å². The van der Waals surface area contributed by atoms with E-state index in [1.54, 1.807) is 0 Å². The molecule has 0 unspecified atom stereocenters. The maximum atomic E-state index is 10.8. The van der Waals surface area contributed by atoms with Crippen molar-refractivity contribution in [1.29, 1.82) is 0 Å². The molecule has 1 aromatic rings. The van der Waals surface area contributed by atoms with Crippen molar-refractivity contribution in [3.63, 3.8) is 0 Å². The van der Waals surface area contributed by atoms with Gasteiger partial charge in [0, 0.05) is 0 Å².